The molecule has 2 atom stereocenters. The average Bonchev–Trinajstić information content (AvgIpc) is 2.72. The third-order valence-electron chi connectivity index (χ3n) is 3.28. The first-order valence-electron chi connectivity index (χ1n) is 6.39. The van der Waals surface area contributed by atoms with Crippen LogP contribution < -0.4 is 5.73 Å². The minimum atomic E-state index is -0.186. The predicted octanol–water partition coefficient (Wildman–Crippen LogP) is 1.01. The number of nitrogens with zero attached hydrogens (tertiary/aromatic N) is 1. The molecule has 0 radical (unpaired) electrons. The van der Waals surface area contributed by atoms with Crippen molar-refractivity contribution in [3.05, 3.63) is 35.9 Å². The smallest absolute Gasteiger partial charge is 0.311 e. The van der Waals surface area contributed by atoms with Gasteiger partial charge in [-0.1, -0.05) is 30.3 Å². The van der Waals surface area contributed by atoms with Gasteiger partial charge < -0.3 is 10.5 Å². The monoisotopic (exact) mass is 248 g/mol. The number of benzene rings is 1. The number of rotatable bonds is 4. The highest BCUT2D eigenvalue weighted by Crippen LogP contribution is 2.19. The Labute approximate surface area is 108 Å². The average molecular weight is 248 g/mol. The predicted molar refractivity (Wildman–Crippen MR) is 69.8 cm³/mol. The van der Waals surface area contributed by atoms with E-state index in [0.717, 1.165) is 13.1 Å². The SMILES string of the molecule is CCOC(=O)[C@H]1CN(Cc2ccccc2)C[C@@H]1N. The molecule has 98 valence electrons. The van der Waals surface area contributed by atoms with Crippen molar-refractivity contribution in [3.8, 4) is 0 Å². The van der Waals surface area contributed by atoms with E-state index in [-0.39, 0.29) is 17.9 Å². The molecule has 4 nitrogen and oxygen atoms in total. The quantitative estimate of drug-likeness (QED) is 0.808. The molecule has 1 aromatic carbocycles. The highest BCUT2D eigenvalue weighted by Gasteiger charge is 2.36. The fourth-order valence-corrected chi connectivity index (χ4v) is 2.38. The van der Waals surface area contributed by atoms with E-state index in [4.69, 9.17) is 10.5 Å². The van der Waals surface area contributed by atoms with Crippen molar-refractivity contribution in [2.45, 2.75) is 19.5 Å². The molecule has 4 heteroatoms. The number of ether oxygens (including phenoxy) is 1. The molecule has 0 bridgehead atoms. The fraction of sp³-hybridized carbons (Fsp3) is 0.500. The Morgan fingerprint density at radius 1 is 1.39 bits per heavy atom. The molecule has 2 rings (SSSR count). The van der Waals surface area contributed by atoms with Gasteiger partial charge in [0.15, 0.2) is 0 Å². The number of esters is 1. The van der Waals surface area contributed by atoms with E-state index >= 15 is 0 Å². The van der Waals surface area contributed by atoms with Gasteiger partial charge >= 0.3 is 5.97 Å². The van der Waals surface area contributed by atoms with Crippen LogP contribution in [-0.4, -0.2) is 36.6 Å². The Kier molecular flexibility index (Phi) is 4.33. The van der Waals surface area contributed by atoms with Crippen molar-refractivity contribution < 1.29 is 9.53 Å². The summed E-state index contributed by atoms with van der Waals surface area (Å²) in [5, 5.41) is 0. The van der Waals surface area contributed by atoms with Gasteiger partial charge in [0.25, 0.3) is 0 Å². The molecule has 0 aliphatic carbocycles. The van der Waals surface area contributed by atoms with Gasteiger partial charge in [0.2, 0.25) is 0 Å². The summed E-state index contributed by atoms with van der Waals surface area (Å²) in [4.78, 5) is 13.9. The molecule has 1 fully saturated rings. The maximum Gasteiger partial charge on any atom is 0.311 e. The summed E-state index contributed by atoms with van der Waals surface area (Å²) >= 11 is 0. The van der Waals surface area contributed by atoms with Crippen LogP contribution in [0.15, 0.2) is 30.3 Å². The van der Waals surface area contributed by atoms with Crippen molar-refractivity contribution in [3.63, 3.8) is 0 Å². The first-order valence-corrected chi connectivity index (χ1v) is 6.39. The molecular formula is C14H20N2O2. The zero-order valence-corrected chi connectivity index (χ0v) is 10.7. The number of nitrogens with two attached hydrogens (primary N) is 1. The summed E-state index contributed by atoms with van der Waals surface area (Å²) in [6.45, 7) is 4.51. The van der Waals surface area contributed by atoms with Crippen LogP contribution in [0.4, 0.5) is 0 Å². The van der Waals surface area contributed by atoms with Gasteiger partial charge in [-0.2, -0.15) is 0 Å². The second-order valence-electron chi connectivity index (χ2n) is 4.70. The molecule has 2 N–H and O–H groups in total. The molecule has 1 aromatic rings. The van der Waals surface area contributed by atoms with Crippen LogP contribution >= 0.6 is 0 Å². The Morgan fingerprint density at radius 2 is 2.11 bits per heavy atom. The van der Waals surface area contributed by atoms with E-state index in [1.807, 2.05) is 25.1 Å². The summed E-state index contributed by atoms with van der Waals surface area (Å²) < 4.78 is 5.05. The van der Waals surface area contributed by atoms with Crippen LogP contribution in [-0.2, 0) is 16.1 Å². The Morgan fingerprint density at radius 3 is 2.78 bits per heavy atom. The largest absolute Gasteiger partial charge is 0.466 e. The second-order valence-corrected chi connectivity index (χ2v) is 4.70. The van der Waals surface area contributed by atoms with Gasteiger partial charge in [-0.05, 0) is 12.5 Å². The molecule has 18 heavy (non-hydrogen) atoms. The van der Waals surface area contributed by atoms with Gasteiger partial charge in [-0.25, -0.2) is 0 Å². The number of likely N-dealkylation sites (tertiary alicyclic amines) is 1. The molecule has 1 aliphatic heterocycles. The summed E-state index contributed by atoms with van der Waals surface area (Å²) in [6, 6.07) is 10.1. The van der Waals surface area contributed by atoms with Gasteiger partial charge in [0, 0.05) is 25.7 Å². The number of hydrogen-bond donors (Lipinski definition) is 1. The first kappa shape index (κ1) is 13.1. The molecule has 0 saturated carbocycles. The topological polar surface area (TPSA) is 55.6 Å². The van der Waals surface area contributed by atoms with E-state index in [0.29, 0.717) is 13.2 Å². The van der Waals surface area contributed by atoms with Gasteiger partial charge in [0.1, 0.15) is 0 Å². The van der Waals surface area contributed by atoms with Crippen LogP contribution in [0.1, 0.15) is 12.5 Å². The molecule has 1 aliphatic rings. The molecule has 0 unspecified atom stereocenters. The fourth-order valence-electron chi connectivity index (χ4n) is 2.38. The van der Waals surface area contributed by atoms with Crippen LogP contribution in [0.2, 0.25) is 0 Å². The molecule has 1 saturated heterocycles. The highest BCUT2D eigenvalue weighted by molar-refractivity contribution is 5.74. The Balaban J connectivity index is 1.92. The molecule has 0 spiro atoms. The Bertz CT molecular complexity index is 394. The third kappa shape index (κ3) is 3.09. The lowest BCUT2D eigenvalue weighted by Gasteiger charge is -2.15. The maximum atomic E-state index is 11.7. The Hall–Kier alpha value is -1.39. The number of hydrogen-bond acceptors (Lipinski definition) is 4. The minimum Gasteiger partial charge on any atom is -0.466 e. The van der Waals surface area contributed by atoms with Crippen LogP contribution in [0.5, 0.6) is 0 Å². The number of carbonyl (C=O) groups excluding carboxylic acids is 1. The summed E-state index contributed by atoms with van der Waals surface area (Å²) in [5.74, 6) is -0.353. The summed E-state index contributed by atoms with van der Waals surface area (Å²) in [7, 11) is 0. The van der Waals surface area contributed by atoms with Crippen LogP contribution in [0.25, 0.3) is 0 Å². The lowest BCUT2D eigenvalue weighted by molar-refractivity contribution is -0.147. The third-order valence-corrected chi connectivity index (χ3v) is 3.28. The second kappa shape index (κ2) is 5.98. The van der Waals surface area contributed by atoms with Gasteiger partial charge in [-0.3, -0.25) is 9.69 Å². The van der Waals surface area contributed by atoms with Crippen molar-refractivity contribution in [1.82, 2.24) is 4.90 Å². The number of carbonyl (C=O) groups is 1. The van der Waals surface area contributed by atoms with E-state index in [9.17, 15) is 4.79 Å². The summed E-state index contributed by atoms with van der Waals surface area (Å²) in [6.07, 6.45) is 0. The van der Waals surface area contributed by atoms with E-state index in [1.165, 1.54) is 5.56 Å². The van der Waals surface area contributed by atoms with Crippen LogP contribution in [0, 0.1) is 5.92 Å². The van der Waals surface area contributed by atoms with E-state index in [2.05, 4.69) is 17.0 Å². The lowest BCUT2D eigenvalue weighted by Crippen LogP contribution is -2.35. The summed E-state index contributed by atoms with van der Waals surface area (Å²) in [5.41, 5.74) is 7.26. The van der Waals surface area contributed by atoms with E-state index in [1.54, 1.807) is 0 Å². The van der Waals surface area contributed by atoms with Crippen LogP contribution in [0.3, 0.4) is 0 Å². The van der Waals surface area contributed by atoms with Crippen molar-refractivity contribution in [2.75, 3.05) is 19.7 Å². The zero-order chi connectivity index (χ0) is 13.0. The maximum absolute atomic E-state index is 11.7. The lowest BCUT2D eigenvalue weighted by atomic mass is 10.1. The van der Waals surface area contributed by atoms with Crippen molar-refractivity contribution >= 4 is 5.97 Å². The van der Waals surface area contributed by atoms with E-state index < -0.39 is 0 Å². The van der Waals surface area contributed by atoms with Gasteiger partial charge in [0.05, 0.1) is 12.5 Å². The minimum absolute atomic E-state index is 0.118. The first-order chi connectivity index (χ1) is 8.70. The molecule has 0 amide bonds. The molecule has 1 heterocycles. The molecular weight excluding hydrogens is 228 g/mol. The van der Waals surface area contributed by atoms with Crippen molar-refractivity contribution in [1.29, 1.82) is 0 Å². The standard InChI is InChI=1S/C14H20N2O2/c1-2-18-14(17)12-9-16(10-13(12)15)8-11-6-4-3-5-7-11/h3-7,12-13H,2,8-10,15H2,1H3/t12-,13-/m0/s1. The van der Waals surface area contributed by atoms with Gasteiger partial charge in [-0.15, -0.1) is 0 Å². The molecule has 0 aromatic heterocycles. The zero-order valence-electron chi connectivity index (χ0n) is 10.7. The highest BCUT2D eigenvalue weighted by atomic mass is 16.5. The normalized spacial score (nSPS) is 24.1. The van der Waals surface area contributed by atoms with Crippen molar-refractivity contribution in [2.24, 2.45) is 11.7 Å².